The first-order chi connectivity index (χ1) is 6.09. The van der Waals surface area contributed by atoms with Crippen LogP contribution >= 0.6 is 11.6 Å². The fraction of sp³-hybridized carbons (Fsp3) is 0. The first-order valence-corrected chi connectivity index (χ1v) is 3.49. The lowest BCUT2D eigenvalue weighted by Crippen LogP contribution is -2.22. The number of aromatic nitrogens is 2. The van der Waals surface area contributed by atoms with Gasteiger partial charge in [-0.15, -0.1) is 0 Å². The van der Waals surface area contributed by atoms with Gasteiger partial charge in [0.1, 0.15) is 0 Å². The minimum absolute atomic E-state index is 0.100. The Bertz CT molecular complexity index is 337. The highest BCUT2D eigenvalue weighted by Gasteiger charge is 2.11. The Morgan fingerprint density at radius 2 is 1.92 bits per heavy atom. The second-order valence-electron chi connectivity index (χ2n) is 1.98. The molecule has 1 aromatic rings. The summed E-state index contributed by atoms with van der Waals surface area (Å²) in [6.45, 7) is 0. The summed E-state index contributed by atoms with van der Waals surface area (Å²) in [7, 11) is 0. The summed E-state index contributed by atoms with van der Waals surface area (Å²) in [6.07, 6.45) is 2.48. The van der Waals surface area contributed by atoms with Gasteiger partial charge in [0.2, 0.25) is 5.95 Å². The van der Waals surface area contributed by atoms with E-state index < -0.39 is 11.9 Å². The number of carboxylic acids is 1. The fourth-order valence-corrected chi connectivity index (χ4v) is 0.629. The van der Waals surface area contributed by atoms with Crippen LogP contribution in [0.1, 0.15) is 0 Å². The van der Waals surface area contributed by atoms with Crippen molar-refractivity contribution in [3.05, 3.63) is 17.4 Å². The molecule has 0 bridgehead atoms. The van der Waals surface area contributed by atoms with Crippen molar-refractivity contribution in [1.29, 1.82) is 0 Å². The maximum Gasteiger partial charge on any atom is 0.394 e. The number of carbonyl (C=O) groups is 2. The van der Waals surface area contributed by atoms with E-state index in [1.54, 1.807) is 0 Å². The molecule has 0 unspecified atom stereocenters. The molecular weight excluding hydrogens is 198 g/mol. The molecule has 0 atom stereocenters. The largest absolute Gasteiger partial charge is 0.474 e. The van der Waals surface area contributed by atoms with E-state index >= 15 is 0 Å². The van der Waals surface area contributed by atoms with Crippen LogP contribution in [0.5, 0.6) is 0 Å². The monoisotopic (exact) mass is 201 g/mol. The highest BCUT2D eigenvalue weighted by molar-refractivity contribution is 6.36. The molecule has 1 heterocycles. The van der Waals surface area contributed by atoms with Crippen molar-refractivity contribution in [2.24, 2.45) is 0 Å². The summed E-state index contributed by atoms with van der Waals surface area (Å²) >= 11 is 5.46. The van der Waals surface area contributed by atoms with Crippen LogP contribution in [0.15, 0.2) is 12.4 Å². The standard InChI is InChI=1S/C6H4ClN3O3/c7-3-1-8-6(9-2-3)10-4(11)5(12)13/h1-2H,(H,12,13)(H,8,9,10,11). The van der Waals surface area contributed by atoms with Gasteiger partial charge in [-0.2, -0.15) is 0 Å². The normalized spacial score (nSPS) is 9.31. The van der Waals surface area contributed by atoms with Gasteiger partial charge in [-0.3, -0.25) is 10.1 Å². The number of nitrogens with one attached hydrogen (secondary N) is 1. The van der Waals surface area contributed by atoms with E-state index in [9.17, 15) is 9.59 Å². The molecule has 0 saturated heterocycles. The Hall–Kier alpha value is -1.69. The number of carboxylic acid groups (broad SMARTS) is 1. The van der Waals surface area contributed by atoms with Crippen LogP contribution in [0.3, 0.4) is 0 Å². The van der Waals surface area contributed by atoms with Gasteiger partial charge < -0.3 is 5.11 Å². The lowest BCUT2D eigenvalue weighted by molar-refractivity contribution is -0.147. The minimum Gasteiger partial charge on any atom is -0.474 e. The average Bonchev–Trinajstić information content (AvgIpc) is 2.08. The summed E-state index contributed by atoms with van der Waals surface area (Å²) < 4.78 is 0. The van der Waals surface area contributed by atoms with E-state index in [2.05, 4.69) is 9.97 Å². The third-order valence-corrected chi connectivity index (χ3v) is 1.24. The summed E-state index contributed by atoms with van der Waals surface area (Å²) in [5.41, 5.74) is 0. The molecule has 68 valence electrons. The third-order valence-electron chi connectivity index (χ3n) is 1.04. The van der Waals surface area contributed by atoms with E-state index in [0.717, 1.165) is 0 Å². The van der Waals surface area contributed by atoms with Gasteiger partial charge in [-0.05, 0) is 0 Å². The quantitative estimate of drug-likeness (QED) is 0.631. The van der Waals surface area contributed by atoms with Gasteiger partial charge in [0.15, 0.2) is 0 Å². The summed E-state index contributed by atoms with van der Waals surface area (Å²) in [5.74, 6) is -2.89. The van der Waals surface area contributed by atoms with Crippen LogP contribution in [0.4, 0.5) is 5.95 Å². The highest BCUT2D eigenvalue weighted by atomic mass is 35.5. The lowest BCUT2D eigenvalue weighted by Gasteiger charge is -1.97. The summed E-state index contributed by atoms with van der Waals surface area (Å²) in [4.78, 5) is 27.8. The van der Waals surface area contributed by atoms with Crippen molar-refractivity contribution in [3.63, 3.8) is 0 Å². The van der Waals surface area contributed by atoms with E-state index in [1.807, 2.05) is 5.32 Å². The zero-order chi connectivity index (χ0) is 9.84. The van der Waals surface area contributed by atoms with Gasteiger partial charge in [0.25, 0.3) is 0 Å². The van der Waals surface area contributed by atoms with Crippen LogP contribution in [0.2, 0.25) is 5.02 Å². The molecule has 0 saturated carbocycles. The summed E-state index contributed by atoms with van der Waals surface area (Å²) in [5, 5.41) is 10.5. The number of amides is 1. The molecule has 13 heavy (non-hydrogen) atoms. The molecule has 0 radical (unpaired) electrons. The summed E-state index contributed by atoms with van der Waals surface area (Å²) in [6, 6.07) is 0. The molecule has 0 aliphatic rings. The molecule has 2 N–H and O–H groups in total. The minimum atomic E-state index is -1.60. The van der Waals surface area contributed by atoms with Gasteiger partial charge >= 0.3 is 11.9 Å². The number of hydrogen-bond acceptors (Lipinski definition) is 4. The number of rotatable bonds is 1. The molecule has 0 aliphatic heterocycles. The molecule has 1 amide bonds. The zero-order valence-corrected chi connectivity index (χ0v) is 6.95. The molecular formula is C6H4ClN3O3. The molecule has 0 fully saturated rings. The fourth-order valence-electron chi connectivity index (χ4n) is 0.532. The predicted molar refractivity (Wildman–Crippen MR) is 43.3 cm³/mol. The Kier molecular flexibility index (Phi) is 2.76. The van der Waals surface area contributed by atoms with Crippen molar-refractivity contribution in [2.75, 3.05) is 5.32 Å². The highest BCUT2D eigenvalue weighted by Crippen LogP contribution is 2.04. The smallest absolute Gasteiger partial charge is 0.394 e. The molecule has 6 nitrogen and oxygen atoms in total. The van der Waals surface area contributed by atoms with Crippen molar-refractivity contribution in [3.8, 4) is 0 Å². The van der Waals surface area contributed by atoms with Crippen LogP contribution in [-0.4, -0.2) is 27.0 Å². The van der Waals surface area contributed by atoms with Crippen molar-refractivity contribution >= 4 is 29.4 Å². The van der Waals surface area contributed by atoms with E-state index in [0.29, 0.717) is 5.02 Å². The van der Waals surface area contributed by atoms with Crippen molar-refractivity contribution in [1.82, 2.24) is 9.97 Å². The topological polar surface area (TPSA) is 92.2 Å². The van der Waals surface area contributed by atoms with E-state index in [-0.39, 0.29) is 5.95 Å². The van der Waals surface area contributed by atoms with Gasteiger partial charge in [-0.25, -0.2) is 14.8 Å². The third kappa shape index (κ3) is 2.68. The van der Waals surface area contributed by atoms with Crippen LogP contribution in [0.25, 0.3) is 0 Å². The van der Waals surface area contributed by atoms with Gasteiger partial charge in [-0.1, -0.05) is 11.6 Å². The maximum absolute atomic E-state index is 10.6. The molecule has 1 rings (SSSR count). The van der Waals surface area contributed by atoms with Crippen molar-refractivity contribution in [2.45, 2.75) is 0 Å². The number of aliphatic carboxylic acids is 1. The first kappa shape index (κ1) is 9.40. The SMILES string of the molecule is O=C(O)C(=O)Nc1ncc(Cl)cn1. The second kappa shape index (κ2) is 3.81. The number of hydrogen-bond donors (Lipinski definition) is 2. The first-order valence-electron chi connectivity index (χ1n) is 3.11. The Balaban J connectivity index is 2.70. The Morgan fingerprint density at radius 1 is 1.38 bits per heavy atom. The van der Waals surface area contributed by atoms with Crippen LogP contribution in [-0.2, 0) is 9.59 Å². The molecule has 0 aliphatic carbocycles. The molecule has 0 spiro atoms. The Morgan fingerprint density at radius 3 is 2.38 bits per heavy atom. The number of anilines is 1. The van der Waals surface area contributed by atoms with E-state index in [4.69, 9.17) is 16.7 Å². The second-order valence-corrected chi connectivity index (χ2v) is 2.42. The zero-order valence-electron chi connectivity index (χ0n) is 6.19. The molecule has 7 heteroatoms. The predicted octanol–water partition coefficient (Wildman–Crippen LogP) is 0.153. The number of nitrogens with zero attached hydrogens (tertiary/aromatic N) is 2. The van der Waals surface area contributed by atoms with Gasteiger partial charge in [0.05, 0.1) is 17.4 Å². The van der Waals surface area contributed by atoms with Crippen molar-refractivity contribution < 1.29 is 14.7 Å². The number of carbonyl (C=O) groups excluding carboxylic acids is 1. The maximum atomic E-state index is 10.6. The van der Waals surface area contributed by atoms with Gasteiger partial charge in [0, 0.05) is 0 Å². The van der Waals surface area contributed by atoms with Crippen LogP contribution < -0.4 is 5.32 Å². The Labute approximate surface area is 77.6 Å². The van der Waals surface area contributed by atoms with Crippen LogP contribution in [0, 0.1) is 0 Å². The lowest BCUT2D eigenvalue weighted by atomic mass is 10.6. The average molecular weight is 202 g/mol. The van der Waals surface area contributed by atoms with E-state index in [1.165, 1.54) is 12.4 Å². The molecule has 0 aromatic carbocycles. The number of halogens is 1. The molecule has 1 aromatic heterocycles.